The molecule has 0 spiro atoms. The molecular weight excluding hydrogens is 262 g/mol. The third kappa shape index (κ3) is 3.56. The standard InChI is InChI=1S/C17H25N3O/c21-17-9-10-18-15-7-2-3-8-16(15)20(17)14-6-13-19-11-4-1-5-12-19/h2-3,7-8,18H,1,4-6,9-14H2. The summed E-state index contributed by atoms with van der Waals surface area (Å²) in [5.74, 6) is 0.242. The van der Waals surface area contributed by atoms with E-state index in [1.165, 1.54) is 32.4 Å². The average Bonchev–Trinajstić information content (AvgIpc) is 2.68. The van der Waals surface area contributed by atoms with Crippen LogP contribution in [0.25, 0.3) is 0 Å². The minimum absolute atomic E-state index is 0.242. The van der Waals surface area contributed by atoms with Crippen LogP contribution in [0.15, 0.2) is 24.3 Å². The molecule has 0 atom stereocenters. The number of para-hydroxylation sites is 2. The normalized spacial score (nSPS) is 19.8. The van der Waals surface area contributed by atoms with E-state index in [-0.39, 0.29) is 5.91 Å². The Morgan fingerprint density at radius 2 is 1.86 bits per heavy atom. The van der Waals surface area contributed by atoms with E-state index in [4.69, 9.17) is 0 Å². The number of anilines is 2. The highest BCUT2D eigenvalue weighted by Crippen LogP contribution is 2.28. The first-order valence-corrected chi connectivity index (χ1v) is 8.20. The number of carbonyl (C=O) groups excluding carboxylic acids is 1. The number of piperidine rings is 1. The van der Waals surface area contributed by atoms with Crippen LogP contribution < -0.4 is 10.2 Å². The lowest BCUT2D eigenvalue weighted by Gasteiger charge is -2.28. The quantitative estimate of drug-likeness (QED) is 0.925. The van der Waals surface area contributed by atoms with E-state index >= 15 is 0 Å². The lowest BCUT2D eigenvalue weighted by Crippen LogP contribution is -2.35. The van der Waals surface area contributed by atoms with Gasteiger partial charge in [0, 0.05) is 19.5 Å². The molecule has 114 valence electrons. The van der Waals surface area contributed by atoms with Gasteiger partial charge in [0.1, 0.15) is 0 Å². The van der Waals surface area contributed by atoms with Crippen molar-refractivity contribution in [2.45, 2.75) is 32.1 Å². The molecule has 21 heavy (non-hydrogen) atoms. The minimum Gasteiger partial charge on any atom is -0.383 e. The van der Waals surface area contributed by atoms with Gasteiger partial charge in [-0.05, 0) is 51.0 Å². The van der Waals surface area contributed by atoms with Crippen LogP contribution in [0.5, 0.6) is 0 Å². The summed E-state index contributed by atoms with van der Waals surface area (Å²) in [7, 11) is 0. The number of nitrogens with zero attached hydrogens (tertiary/aromatic N) is 2. The van der Waals surface area contributed by atoms with Crippen LogP contribution in [0.4, 0.5) is 11.4 Å². The van der Waals surface area contributed by atoms with Crippen molar-refractivity contribution in [1.29, 1.82) is 0 Å². The van der Waals surface area contributed by atoms with Crippen LogP contribution in [-0.4, -0.2) is 43.5 Å². The van der Waals surface area contributed by atoms with E-state index in [0.717, 1.165) is 37.4 Å². The molecule has 0 bridgehead atoms. The van der Waals surface area contributed by atoms with Crippen molar-refractivity contribution in [1.82, 2.24) is 4.90 Å². The fourth-order valence-corrected chi connectivity index (χ4v) is 3.31. The Morgan fingerprint density at radius 3 is 2.71 bits per heavy atom. The van der Waals surface area contributed by atoms with Crippen LogP contribution in [0.2, 0.25) is 0 Å². The Bertz CT molecular complexity index is 483. The first-order chi connectivity index (χ1) is 10.3. The number of nitrogens with one attached hydrogen (secondary N) is 1. The van der Waals surface area contributed by atoms with Crippen molar-refractivity contribution >= 4 is 17.3 Å². The van der Waals surface area contributed by atoms with E-state index in [1.54, 1.807) is 0 Å². The van der Waals surface area contributed by atoms with E-state index in [0.29, 0.717) is 6.42 Å². The number of rotatable bonds is 4. The van der Waals surface area contributed by atoms with Gasteiger partial charge >= 0.3 is 0 Å². The van der Waals surface area contributed by atoms with Crippen LogP contribution in [0, 0.1) is 0 Å². The van der Waals surface area contributed by atoms with Crippen molar-refractivity contribution in [3.8, 4) is 0 Å². The van der Waals surface area contributed by atoms with Gasteiger partial charge in [0.2, 0.25) is 5.91 Å². The first-order valence-electron chi connectivity index (χ1n) is 8.20. The van der Waals surface area contributed by atoms with Crippen LogP contribution >= 0.6 is 0 Å². The van der Waals surface area contributed by atoms with Gasteiger partial charge in [0.15, 0.2) is 0 Å². The highest BCUT2D eigenvalue weighted by Gasteiger charge is 2.21. The maximum absolute atomic E-state index is 12.3. The van der Waals surface area contributed by atoms with Crippen molar-refractivity contribution in [2.24, 2.45) is 0 Å². The molecule has 3 rings (SSSR count). The van der Waals surface area contributed by atoms with E-state index in [1.807, 2.05) is 23.1 Å². The van der Waals surface area contributed by atoms with E-state index < -0.39 is 0 Å². The Hall–Kier alpha value is -1.55. The topological polar surface area (TPSA) is 35.6 Å². The molecule has 4 nitrogen and oxygen atoms in total. The molecule has 0 saturated carbocycles. The first kappa shape index (κ1) is 14.4. The van der Waals surface area contributed by atoms with Gasteiger partial charge in [-0.2, -0.15) is 0 Å². The maximum Gasteiger partial charge on any atom is 0.228 e. The Labute approximate surface area is 127 Å². The van der Waals surface area contributed by atoms with Gasteiger partial charge in [-0.1, -0.05) is 18.6 Å². The second-order valence-corrected chi connectivity index (χ2v) is 6.00. The number of likely N-dealkylation sites (tertiary alicyclic amines) is 1. The van der Waals surface area contributed by atoms with Gasteiger partial charge in [0.25, 0.3) is 0 Å². The van der Waals surface area contributed by atoms with Crippen molar-refractivity contribution < 1.29 is 4.79 Å². The monoisotopic (exact) mass is 287 g/mol. The second-order valence-electron chi connectivity index (χ2n) is 6.00. The minimum atomic E-state index is 0.242. The number of carbonyl (C=O) groups is 1. The zero-order valence-corrected chi connectivity index (χ0v) is 12.7. The summed E-state index contributed by atoms with van der Waals surface area (Å²) in [6, 6.07) is 8.14. The molecule has 1 fully saturated rings. The average molecular weight is 287 g/mol. The second kappa shape index (κ2) is 6.94. The lowest BCUT2D eigenvalue weighted by molar-refractivity contribution is -0.118. The number of hydrogen-bond donors (Lipinski definition) is 1. The summed E-state index contributed by atoms with van der Waals surface area (Å²) in [4.78, 5) is 16.8. The third-order valence-corrected chi connectivity index (χ3v) is 4.45. The number of fused-ring (bicyclic) bond motifs is 1. The molecule has 0 aliphatic carbocycles. The zero-order chi connectivity index (χ0) is 14.5. The third-order valence-electron chi connectivity index (χ3n) is 4.45. The van der Waals surface area contributed by atoms with Crippen molar-refractivity contribution in [3.63, 3.8) is 0 Å². The molecule has 4 heteroatoms. The predicted octanol–water partition coefficient (Wildman–Crippen LogP) is 2.71. The highest BCUT2D eigenvalue weighted by atomic mass is 16.2. The van der Waals surface area contributed by atoms with Crippen LogP contribution in [0.1, 0.15) is 32.1 Å². The molecular formula is C17H25N3O. The molecule has 1 aromatic rings. The fourth-order valence-electron chi connectivity index (χ4n) is 3.31. The van der Waals surface area contributed by atoms with Gasteiger partial charge < -0.3 is 15.1 Å². The smallest absolute Gasteiger partial charge is 0.228 e. The largest absolute Gasteiger partial charge is 0.383 e. The molecule has 0 aromatic heterocycles. The van der Waals surface area contributed by atoms with Crippen LogP contribution in [-0.2, 0) is 4.79 Å². The molecule has 2 heterocycles. The highest BCUT2D eigenvalue weighted by molar-refractivity contribution is 5.98. The molecule has 1 saturated heterocycles. The summed E-state index contributed by atoms with van der Waals surface area (Å²) < 4.78 is 0. The fraction of sp³-hybridized carbons (Fsp3) is 0.588. The van der Waals surface area contributed by atoms with E-state index in [9.17, 15) is 4.79 Å². The Balaban J connectivity index is 1.61. The summed E-state index contributed by atoms with van der Waals surface area (Å²) in [5, 5.41) is 3.35. The van der Waals surface area contributed by atoms with Crippen molar-refractivity contribution in [3.05, 3.63) is 24.3 Å². The van der Waals surface area contributed by atoms with Gasteiger partial charge in [0.05, 0.1) is 11.4 Å². The van der Waals surface area contributed by atoms with Gasteiger partial charge in [-0.15, -0.1) is 0 Å². The summed E-state index contributed by atoms with van der Waals surface area (Å²) in [6.07, 6.45) is 5.67. The summed E-state index contributed by atoms with van der Waals surface area (Å²) in [5.41, 5.74) is 2.12. The predicted molar refractivity (Wildman–Crippen MR) is 86.8 cm³/mol. The number of hydrogen-bond acceptors (Lipinski definition) is 3. The molecule has 1 amide bonds. The number of benzene rings is 1. The maximum atomic E-state index is 12.3. The van der Waals surface area contributed by atoms with Crippen LogP contribution in [0.3, 0.4) is 0 Å². The zero-order valence-electron chi connectivity index (χ0n) is 12.7. The van der Waals surface area contributed by atoms with Gasteiger partial charge in [-0.25, -0.2) is 0 Å². The summed E-state index contributed by atoms with van der Waals surface area (Å²) >= 11 is 0. The van der Waals surface area contributed by atoms with Gasteiger partial charge in [-0.3, -0.25) is 4.79 Å². The Kier molecular flexibility index (Phi) is 4.76. The molecule has 1 N–H and O–H groups in total. The molecule has 0 radical (unpaired) electrons. The lowest BCUT2D eigenvalue weighted by atomic mass is 10.1. The molecule has 1 aromatic carbocycles. The number of amides is 1. The Morgan fingerprint density at radius 1 is 1.05 bits per heavy atom. The SMILES string of the molecule is O=C1CCNc2ccccc2N1CCCN1CCCCC1. The molecule has 2 aliphatic rings. The molecule has 2 aliphatic heterocycles. The van der Waals surface area contributed by atoms with Crippen molar-refractivity contribution in [2.75, 3.05) is 42.9 Å². The van der Waals surface area contributed by atoms with E-state index in [2.05, 4.69) is 16.3 Å². The molecule has 0 unspecified atom stereocenters. The summed E-state index contributed by atoms with van der Waals surface area (Å²) in [6.45, 7) is 5.13.